The number of hydrogen-bond acceptors (Lipinski definition) is 4. The number of nitrogens with one attached hydrogen (secondary N) is 1. The first-order valence-corrected chi connectivity index (χ1v) is 8.75. The van der Waals surface area contributed by atoms with Crippen LogP contribution in [0.25, 0.3) is 0 Å². The zero-order valence-electron chi connectivity index (χ0n) is 11.5. The minimum Gasteiger partial charge on any atom is -0.340 e. The van der Waals surface area contributed by atoms with Gasteiger partial charge in [-0.15, -0.1) is 0 Å². The van der Waals surface area contributed by atoms with Crippen molar-refractivity contribution >= 4 is 15.9 Å². The second kappa shape index (κ2) is 6.19. The summed E-state index contributed by atoms with van der Waals surface area (Å²) in [5, 5.41) is 3.18. The van der Waals surface area contributed by atoms with Gasteiger partial charge in [-0.2, -0.15) is 0 Å². The first-order chi connectivity index (χ1) is 8.97. The van der Waals surface area contributed by atoms with Gasteiger partial charge in [-0.3, -0.25) is 4.79 Å². The maximum absolute atomic E-state index is 12.0. The van der Waals surface area contributed by atoms with Gasteiger partial charge < -0.3 is 10.2 Å². The molecule has 110 valence electrons. The molecule has 0 atom stereocenters. The average molecular weight is 289 g/mol. The zero-order chi connectivity index (χ0) is 13.9. The Morgan fingerprint density at radius 1 is 1.21 bits per heavy atom. The topological polar surface area (TPSA) is 69.7 Å². The largest absolute Gasteiger partial charge is 0.340 e. The molecule has 1 N–H and O–H groups in total. The van der Waals surface area contributed by atoms with Crippen LogP contribution in [-0.4, -0.2) is 69.1 Å². The molecule has 0 aromatic rings. The predicted molar refractivity (Wildman–Crippen MR) is 73.2 cm³/mol. The lowest BCUT2D eigenvalue weighted by atomic mass is 10.3. The first-order valence-electron chi connectivity index (χ1n) is 6.90. The van der Waals surface area contributed by atoms with Crippen LogP contribution in [0.1, 0.15) is 19.3 Å². The monoisotopic (exact) mass is 289 g/mol. The summed E-state index contributed by atoms with van der Waals surface area (Å²) in [5.41, 5.74) is 0. The highest BCUT2D eigenvalue weighted by atomic mass is 32.2. The third kappa shape index (κ3) is 4.74. The highest BCUT2D eigenvalue weighted by molar-refractivity contribution is 7.88. The van der Waals surface area contributed by atoms with Crippen molar-refractivity contribution in [2.75, 3.05) is 45.5 Å². The van der Waals surface area contributed by atoms with E-state index in [0.717, 1.165) is 12.5 Å². The molecule has 2 fully saturated rings. The van der Waals surface area contributed by atoms with Crippen molar-refractivity contribution < 1.29 is 13.2 Å². The van der Waals surface area contributed by atoms with Crippen LogP contribution >= 0.6 is 0 Å². The number of carbonyl (C=O) groups excluding carboxylic acids is 1. The quantitative estimate of drug-likeness (QED) is 0.739. The fraction of sp³-hybridized carbons (Fsp3) is 0.917. The van der Waals surface area contributed by atoms with E-state index in [4.69, 9.17) is 0 Å². The van der Waals surface area contributed by atoms with Crippen LogP contribution in [-0.2, 0) is 14.8 Å². The molecule has 0 aromatic heterocycles. The Bertz CT molecular complexity index is 420. The van der Waals surface area contributed by atoms with Gasteiger partial charge in [0.05, 0.1) is 12.8 Å². The van der Waals surface area contributed by atoms with Gasteiger partial charge in [0.2, 0.25) is 15.9 Å². The van der Waals surface area contributed by atoms with E-state index in [9.17, 15) is 13.2 Å². The number of carbonyl (C=O) groups is 1. The smallest absolute Gasteiger partial charge is 0.236 e. The van der Waals surface area contributed by atoms with Gasteiger partial charge in [0.25, 0.3) is 0 Å². The van der Waals surface area contributed by atoms with Crippen LogP contribution in [0.4, 0.5) is 0 Å². The van der Waals surface area contributed by atoms with Gasteiger partial charge >= 0.3 is 0 Å². The molecule has 1 aliphatic heterocycles. The van der Waals surface area contributed by atoms with Gasteiger partial charge in [-0.25, -0.2) is 12.7 Å². The summed E-state index contributed by atoms with van der Waals surface area (Å²) in [6, 6.07) is 0. The van der Waals surface area contributed by atoms with E-state index in [-0.39, 0.29) is 5.91 Å². The lowest BCUT2D eigenvalue weighted by molar-refractivity contribution is -0.130. The van der Waals surface area contributed by atoms with Crippen LogP contribution in [0.5, 0.6) is 0 Å². The Hall–Kier alpha value is -0.660. The van der Waals surface area contributed by atoms with Crippen LogP contribution in [0.15, 0.2) is 0 Å². The van der Waals surface area contributed by atoms with Crippen LogP contribution < -0.4 is 5.32 Å². The molecular weight excluding hydrogens is 266 g/mol. The summed E-state index contributed by atoms with van der Waals surface area (Å²) in [7, 11) is -3.14. The van der Waals surface area contributed by atoms with Crippen molar-refractivity contribution in [1.29, 1.82) is 0 Å². The molecule has 1 amide bonds. The lowest BCUT2D eigenvalue weighted by Gasteiger charge is -2.21. The number of sulfonamides is 1. The van der Waals surface area contributed by atoms with Crippen molar-refractivity contribution in [3.05, 3.63) is 0 Å². The van der Waals surface area contributed by atoms with E-state index in [1.807, 2.05) is 0 Å². The lowest BCUT2D eigenvalue weighted by Crippen LogP contribution is -2.41. The molecule has 1 heterocycles. The minimum atomic E-state index is -3.14. The summed E-state index contributed by atoms with van der Waals surface area (Å²) in [5.74, 6) is 0.841. The van der Waals surface area contributed by atoms with E-state index in [1.165, 1.54) is 23.4 Å². The van der Waals surface area contributed by atoms with Gasteiger partial charge in [0, 0.05) is 26.2 Å². The Labute approximate surface area is 115 Å². The summed E-state index contributed by atoms with van der Waals surface area (Å²) >= 11 is 0. The van der Waals surface area contributed by atoms with Crippen LogP contribution in [0.2, 0.25) is 0 Å². The molecule has 2 aliphatic rings. The number of amides is 1. The molecular formula is C12H23N3O3S. The number of rotatable bonds is 5. The van der Waals surface area contributed by atoms with E-state index in [0.29, 0.717) is 39.1 Å². The minimum absolute atomic E-state index is 0.0796. The fourth-order valence-electron chi connectivity index (χ4n) is 2.29. The third-order valence-electron chi connectivity index (χ3n) is 3.68. The number of nitrogens with zero attached hydrogens (tertiary/aromatic N) is 2. The third-order valence-corrected chi connectivity index (χ3v) is 4.99. The predicted octanol–water partition coefficient (Wildman–Crippen LogP) is -0.520. The maximum Gasteiger partial charge on any atom is 0.236 e. The number of hydrogen-bond donors (Lipinski definition) is 1. The normalized spacial score (nSPS) is 22.3. The maximum atomic E-state index is 12.0. The molecule has 0 spiro atoms. The molecule has 0 bridgehead atoms. The van der Waals surface area contributed by atoms with E-state index in [2.05, 4.69) is 5.32 Å². The molecule has 0 radical (unpaired) electrons. The molecule has 0 unspecified atom stereocenters. The van der Waals surface area contributed by atoms with Gasteiger partial charge in [0.15, 0.2) is 0 Å². The van der Waals surface area contributed by atoms with Crippen molar-refractivity contribution in [3.8, 4) is 0 Å². The van der Waals surface area contributed by atoms with Gasteiger partial charge in [0.1, 0.15) is 0 Å². The summed E-state index contributed by atoms with van der Waals surface area (Å²) in [4.78, 5) is 13.8. The highest BCUT2D eigenvalue weighted by Crippen LogP contribution is 2.27. The summed E-state index contributed by atoms with van der Waals surface area (Å²) in [6.07, 6.45) is 4.48. The Morgan fingerprint density at radius 3 is 2.58 bits per heavy atom. The standard InChI is InChI=1S/C12H23N3O3S/c1-19(17,18)15-6-2-5-14(7-8-15)12(16)10-13-9-11-3-4-11/h11,13H,2-10H2,1H3. The second-order valence-electron chi connectivity index (χ2n) is 5.47. The Balaban J connectivity index is 1.75. The highest BCUT2D eigenvalue weighted by Gasteiger charge is 2.24. The molecule has 1 saturated heterocycles. The van der Waals surface area contributed by atoms with Crippen molar-refractivity contribution in [2.45, 2.75) is 19.3 Å². The molecule has 2 rings (SSSR count). The summed E-state index contributed by atoms with van der Waals surface area (Å²) in [6.45, 7) is 3.36. The van der Waals surface area contributed by atoms with Gasteiger partial charge in [-0.05, 0) is 31.7 Å². The van der Waals surface area contributed by atoms with Crippen molar-refractivity contribution in [1.82, 2.24) is 14.5 Å². The molecule has 1 saturated carbocycles. The van der Waals surface area contributed by atoms with Crippen molar-refractivity contribution in [2.24, 2.45) is 5.92 Å². The Morgan fingerprint density at radius 2 is 1.95 bits per heavy atom. The van der Waals surface area contributed by atoms with E-state index in [1.54, 1.807) is 4.90 Å². The van der Waals surface area contributed by atoms with Crippen molar-refractivity contribution in [3.63, 3.8) is 0 Å². The molecule has 0 aromatic carbocycles. The summed E-state index contributed by atoms with van der Waals surface area (Å²) < 4.78 is 24.4. The molecule has 6 nitrogen and oxygen atoms in total. The van der Waals surface area contributed by atoms with Crippen LogP contribution in [0, 0.1) is 5.92 Å². The van der Waals surface area contributed by atoms with E-state index >= 15 is 0 Å². The van der Waals surface area contributed by atoms with Crippen LogP contribution in [0.3, 0.4) is 0 Å². The van der Waals surface area contributed by atoms with Gasteiger partial charge in [-0.1, -0.05) is 0 Å². The Kier molecular flexibility index (Phi) is 4.81. The SMILES string of the molecule is CS(=O)(=O)N1CCCN(C(=O)CNCC2CC2)CC1. The fourth-order valence-corrected chi connectivity index (χ4v) is 3.17. The second-order valence-corrected chi connectivity index (χ2v) is 7.45. The van der Waals surface area contributed by atoms with E-state index < -0.39 is 10.0 Å². The first kappa shape index (κ1) is 14.7. The zero-order valence-corrected chi connectivity index (χ0v) is 12.3. The molecule has 19 heavy (non-hydrogen) atoms. The molecule has 7 heteroatoms. The molecule has 1 aliphatic carbocycles. The average Bonchev–Trinajstić information content (AvgIpc) is 3.13.